The van der Waals surface area contributed by atoms with Gasteiger partial charge in [0.2, 0.25) is 11.8 Å². The fraction of sp³-hybridized carbons (Fsp3) is 0.389. The molecule has 2 N–H and O–H groups in total. The molecule has 1 aromatic carbocycles. The molecule has 1 amide bonds. The van der Waals surface area contributed by atoms with Crippen LogP contribution < -0.4 is 5.32 Å². The first-order valence-corrected chi connectivity index (χ1v) is 7.90. The first-order chi connectivity index (χ1) is 11.4. The molecule has 1 atom stereocenters. The highest BCUT2D eigenvalue weighted by Crippen LogP contribution is 2.21. The van der Waals surface area contributed by atoms with E-state index < -0.39 is 12.0 Å². The van der Waals surface area contributed by atoms with Crippen LogP contribution in [0.25, 0.3) is 11.5 Å². The molecular weight excluding hydrogens is 308 g/mol. The van der Waals surface area contributed by atoms with Crippen LogP contribution in [0.2, 0.25) is 0 Å². The van der Waals surface area contributed by atoms with Crippen LogP contribution in [-0.2, 0) is 16.0 Å². The molecule has 6 nitrogen and oxygen atoms in total. The number of oxazole rings is 1. The molecule has 2 rings (SSSR count). The Balaban J connectivity index is 2.06. The first kappa shape index (κ1) is 17.7. The number of carbonyl (C=O) groups is 2. The van der Waals surface area contributed by atoms with Crippen molar-refractivity contribution in [1.82, 2.24) is 10.3 Å². The van der Waals surface area contributed by atoms with Gasteiger partial charge in [-0.25, -0.2) is 9.78 Å². The summed E-state index contributed by atoms with van der Waals surface area (Å²) in [7, 11) is 0. The van der Waals surface area contributed by atoms with E-state index in [4.69, 9.17) is 4.42 Å². The number of carboxylic acid groups (broad SMARTS) is 1. The first-order valence-electron chi connectivity index (χ1n) is 7.90. The normalized spacial score (nSPS) is 12.2. The molecule has 128 valence electrons. The fourth-order valence-electron chi connectivity index (χ4n) is 2.39. The molecule has 0 aliphatic carbocycles. The van der Waals surface area contributed by atoms with Gasteiger partial charge in [0.1, 0.15) is 11.8 Å². The summed E-state index contributed by atoms with van der Waals surface area (Å²) < 4.78 is 5.61. The van der Waals surface area contributed by atoms with Crippen molar-refractivity contribution in [3.63, 3.8) is 0 Å². The zero-order valence-electron chi connectivity index (χ0n) is 14.1. The lowest BCUT2D eigenvalue weighted by atomic mass is 10.0. The summed E-state index contributed by atoms with van der Waals surface area (Å²) in [6.45, 7) is 5.57. The lowest BCUT2D eigenvalue weighted by Gasteiger charge is -2.16. The van der Waals surface area contributed by atoms with Crippen molar-refractivity contribution in [3.8, 4) is 11.5 Å². The van der Waals surface area contributed by atoms with Gasteiger partial charge >= 0.3 is 5.97 Å². The Labute approximate surface area is 140 Å². The second kappa shape index (κ2) is 7.77. The maximum Gasteiger partial charge on any atom is 0.326 e. The topological polar surface area (TPSA) is 92.4 Å². The Morgan fingerprint density at radius 2 is 1.92 bits per heavy atom. The highest BCUT2D eigenvalue weighted by Gasteiger charge is 2.22. The smallest absolute Gasteiger partial charge is 0.326 e. The standard InChI is InChI=1S/C18H22N2O4/c1-11(2)9-15(18(22)23)19-16(21)10-14-12(3)24-17(20-14)13-7-5-4-6-8-13/h4-8,11,15H,9-10H2,1-3H3,(H,19,21)(H,22,23)/t15-/m0/s1. The van der Waals surface area contributed by atoms with Crippen LogP contribution in [0, 0.1) is 12.8 Å². The van der Waals surface area contributed by atoms with Crippen molar-refractivity contribution < 1.29 is 19.1 Å². The van der Waals surface area contributed by atoms with Crippen molar-refractivity contribution >= 4 is 11.9 Å². The van der Waals surface area contributed by atoms with Crippen LogP contribution in [0.5, 0.6) is 0 Å². The quantitative estimate of drug-likeness (QED) is 0.814. The van der Waals surface area contributed by atoms with E-state index in [2.05, 4.69) is 10.3 Å². The van der Waals surface area contributed by atoms with Crippen molar-refractivity contribution in [2.75, 3.05) is 0 Å². The summed E-state index contributed by atoms with van der Waals surface area (Å²) in [5, 5.41) is 11.7. The molecule has 0 bridgehead atoms. The minimum absolute atomic E-state index is 0.00988. The molecule has 0 radical (unpaired) electrons. The largest absolute Gasteiger partial charge is 0.480 e. The number of amides is 1. The van der Waals surface area contributed by atoms with E-state index in [0.29, 0.717) is 23.8 Å². The van der Waals surface area contributed by atoms with Gasteiger partial charge in [-0.15, -0.1) is 0 Å². The Bertz CT molecular complexity index is 707. The molecule has 0 fully saturated rings. The van der Waals surface area contributed by atoms with Crippen LogP contribution >= 0.6 is 0 Å². The Morgan fingerprint density at radius 3 is 2.50 bits per heavy atom. The van der Waals surface area contributed by atoms with E-state index in [1.807, 2.05) is 44.2 Å². The van der Waals surface area contributed by atoms with Crippen molar-refractivity contribution in [2.24, 2.45) is 5.92 Å². The number of aromatic nitrogens is 1. The van der Waals surface area contributed by atoms with E-state index >= 15 is 0 Å². The number of hydrogen-bond donors (Lipinski definition) is 2. The molecular formula is C18H22N2O4. The number of hydrogen-bond acceptors (Lipinski definition) is 4. The van der Waals surface area contributed by atoms with E-state index in [-0.39, 0.29) is 18.2 Å². The second-order valence-corrected chi connectivity index (χ2v) is 6.15. The summed E-state index contributed by atoms with van der Waals surface area (Å²) in [5.41, 5.74) is 1.34. The average molecular weight is 330 g/mol. The van der Waals surface area contributed by atoms with E-state index in [9.17, 15) is 14.7 Å². The van der Waals surface area contributed by atoms with Gasteiger partial charge in [0.15, 0.2) is 0 Å². The Morgan fingerprint density at radius 1 is 1.25 bits per heavy atom. The highest BCUT2D eigenvalue weighted by molar-refractivity contribution is 5.84. The molecule has 24 heavy (non-hydrogen) atoms. The number of nitrogens with zero attached hydrogens (tertiary/aromatic N) is 1. The third-order valence-electron chi connectivity index (χ3n) is 3.58. The molecule has 1 aromatic heterocycles. The van der Waals surface area contributed by atoms with Gasteiger partial charge in [0.25, 0.3) is 0 Å². The maximum absolute atomic E-state index is 12.2. The Hall–Kier alpha value is -2.63. The molecule has 1 heterocycles. The molecule has 0 unspecified atom stereocenters. The number of nitrogens with one attached hydrogen (secondary N) is 1. The van der Waals surface area contributed by atoms with E-state index in [1.165, 1.54) is 0 Å². The van der Waals surface area contributed by atoms with E-state index in [0.717, 1.165) is 5.56 Å². The zero-order valence-corrected chi connectivity index (χ0v) is 14.1. The summed E-state index contributed by atoms with van der Waals surface area (Å²) >= 11 is 0. The summed E-state index contributed by atoms with van der Waals surface area (Å²) in [4.78, 5) is 27.7. The van der Waals surface area contributed by atoms with Crippen LogP contribution in [0.1, 0.15) is 31.7 Å². The highest BCUT2D eigenvalue weighted by atomic mass is 16.4. The van der Waals surface area contributed by atoms with Gasteiger partial charge in [-0.05, 0) is 31.4 Å². The lowest BCUT2D eigenvalue weighted by Crippen LogP contribution is -2.42. The van der Waals surface area contributed by atoms with Gasteiger partial charge in [-0.2, -0.15) is 0 Å². The van der Waals surface area contributed by atoms with Crippen LogP contribution in [0.4, 0.5) is 0 Å². The van der Waals surface area contributed by atoms with Crippen molar-refractivity contribution in [2.45, 2.75) is 39.7 Å². The molecule has 0 aliphatic rings. The number of benzene rings is 1. The maximum atomic E-state index is 12.2. The molecule has 0 aliphatic heterocycles. The lowest BCUT2D eigenvalue weighted by molar-refractivity contribution is -0.142. The summed E-state index contributed by atoms with van der Waals surface area (Å²) in [6, 6.07) is 8.51. The molecule has 0 saturated carbocycles. The third kappa shape index (κ3) is 4.68. The van der Waals surface area contributed by atoms with Gasteiger partial charge in [-0.3, -0.25) is 4.79 Å². The average Bonchev–Trinajstić information content (AvgIpc) is 2.88. The predicted molar refractivity (Wildman–Crippen MR) is 89.4 cm³/mol. The predicted octanol–water partition coefficient (Wildman–Crippen LogP) is 2.81. The van der Waals surface area contributed by atoms with Gasteiger partial charge in [0, 0.05) is 5.56 Å². The van der Waals surface area contributed by atoms with Crippen molar-refractivity contribution in [3.05, 3.63) is 41.8 Å². The number of aliphatic carboxylic acids is 1. The molecule has 0 saturated heterocycles. The van der Waals surface area contributed by atoms with Crippen molar-refractivity contribution in [1.29, 1.82) is 0 Å². The molecule has 0 spiro atoms. The Kier molecular flexibility index (Phi) is 5.73. The minimum Gasteiger partial charge on any atom is -0.480 e. The summed E-state index contributed by atoms with van der Waals surface area (Å²) in [6.07, 6.45) is 0.373. The van der Waals surface area contributed by atoms with Crippen LogP contribution in [0.15, 0.2) is 34.7 Å². The number of carboxylic acids is 1. The number of rotatable bonds is 7. The summed E-state index contributed by atoms with van der Waals surface area (Å²) in [5.74, 6) is -0.226. The monoisotopic (exact) mass is 330 g/mol. The van der Waals surface area contributed by atoms with Gasteiger partial charge in [0.05, 0.1) is 12.1 Å². The van der Waals surface area contributed by atoms with Crippen LogP contribution in [0.3, 0.4) is 0 Å². The fourth-order valence-corrected chi connectivity index (χ4v) is 2.39. The minimum atomic E-state index is -1.03. The number of carbonyl (C=O) groups excluding carboxylic acids is 1. The molecule has 6 heteroatoms. The second-order valence-electron chi connectivity index (χ2n) is 6.15. The van der Waals surface area contributed by atoms with Crippen LogP contribution in [-0.4, -0.2) is 28.0 Å². The SMILES string of the molecule is Cc1oc(-c2ccccc2)nc1CC(=O)N[C@@H](CC(C)C)C(=O)O. The van der Waals surface area contributed by atoms with Gasteiger partial charge < -0.3 is 14.8 Å². The molecule has 2 aromatic rings. The zero-order chi connectivity index (χ0) is 17.7. The van der Waals surface area contributed by atoms with E-state index in [1.54, 1.807) is 6.92 Å². The van der Waals surface area contributed by atoms with Gasteiger partial charge in [-0.1, -0.05) is 32.0 Å². The number of aryl methyl sites for hydroxylation is 1. The third-order valence-corrected chi connectivity index (χ3v) is 3.58.